The first kappa shape index (κ1) is 20.6. The van der Waals surface area contributed by atoms with Gasteiger partial charge in [-0.25, -0.2) is 9.18 Å². The Hall–Kier alpha value is -2.68. The largest absolute Gasteiger partial charge is 0.486 e. The summed E-state index contributed by atoms with van der Waals surface area (Å²) in [5.74, 6) is -0.469. The molecule has 2 aromatic heterocycles. The van der Waals surface area contributed by atoms with E-state index in [9.17, 15) is 14.0 Å². The van der Waals surface area contributed by atoms with Crippen LogP contribution in [-0.2, 0) is 4.74 Å². The molecule has 0 aromatic carbocycles. The van der Waals surface area contributed by atoms with Crippen molar-refractivity contribution in [3.63, 3.8) is 0 Å². The minimum Gasteiger partial charge on any atom is -0.486 e. The number of ether oxygens (including phenoxy) is 2. The molecule has 0 saturated carbocycles. The van der Waals surface area contributed by atoms with Crippen LogP contribution in [0.2, 0.25) is 0 Å². The summed E-state index contributed by atoms with van der Waals surface area (Å²) in [6.45, 7) is 7.89. The van der Waals surface area contributed by atoms with E-state index in [1.807, 2.05) is 20.8 Å². The Kier molecular flexibility index (Phi) is 5.40. The van der Waals surface area contributed by atoms with Crippen LogP contribution in [0.3, 0.4) is 0 Å². The molecule has 2 aliphatic heterocycles. The third-order valence-corrected chi connectivity index (χ3v) is 5.42. The number of hydrogen-bond acceptors (Lipinski definition) is 6. The topological polar surface area (TPSA) is 85.7 Å². The molecule has 1 atom stereocenters. The molecule has 0 radical (unpaired) electrons. The molecule has 2 aromatic rings. The molecule has 4 heterocycles. The van der Waals surface area contributed by atoms with Crippen LogP contribution in [0, 0.1) is 5.82 Å². The standard InChI is InChI=1S/C21H27FN4O4/c1-21(2,3)30-20(28)24-13-6-8-25(9-7-13)11-14-12-29-19-15(22)10-23-16-4-5-17(27)26(14)18(16)19/h4-5,10,13-14H,6-9,11-12H2,1-3H3,(H,24,28)/t14-/m1/s1. The van der Waals surface area contributed by atoms with Crippen molar-refractivity contribution in [1.29, 1.82) is 0 Å². The van der Waals surface area contributed by atoms with E-state index in [1.165, 1.54) is 6.07 Å². The molecule has 1 saturated heterocycles. The zero-order valence-corrected chi connectivity index (χ0v) is 17.5. The average Bonchev–Trinajstić information content (AvgIpc) is 2.67. The number of rotatable bonds is 3. The van der Waals surface area contributed by atoms with Gasteiger partial charge >= 0.3 is 6.09 Å². The molecule has 1 fully saturated rings. The molecular weight excluding hydrogens is 391 g/mol. The number of hydrogen-bond donors (Lipinski definition) is 1. The van der Waals surface area contributed by atoms with Crippen LogP contribution in [0.15, 0.2) is 23.1 Å². The maximum atomic E-state index is 14.1. The predicted molar refractivity (Wildman–Crippen MR) is 109 cm³/mol. The summed E-state index contributed by atoms with van der Waals surface area (Å²) >= 11 is 0. The van der Waals surface area contributed by atoms with Crippen LogP contribution in [0.1, 0.15) is 39.7 Å². The summed E-state index contributed by atoms with van der Waals surface area (Å²) in [4.78, 5) is 30.9. The summed E-state index contributed by atoms with van der Waals surface area (Å²) < 4.78 is 26.8. The van der Waals surface area contributed by atoms with Gasteiger partial charge in [-0.15, -0.1) is 0 Å². The van der Waals surface area contributed by atoms with Gasteiger partial charge in [0.05, 0.1) is 17.8 Å². The van der Waals surface area contributed by atoms with Gasteiger partial charge in [-0.1, -0.05) is 0 Å². The second-order valence-electron chi connectivity index (χ2n) is 8.90. The van der Waals surface area contributed by atoms with E-state index < -0.39 is 17.5 Å². The predicted octanol–water partition coefficient (Wildman–Crippen LogP) is 2.46. The lowest BCUT2D eigenvalue weighted by Gasteiger charge is -2.36. The molecule has 162 valence electrons. The highest BCUT2D eigenvalue weighted by Crippen LogP contribution is 2.32. The zero-order chi connectivity index (χ0) is 21.5. The number of halogens is 1. The highest BCUT2D eigenvalue weighted by molar-refractivity contribution is 5.82. The van der Waals surface area contributed by atoms with E-state index in [-0.39, 0.29) is 30.0 Å². The molecule has 0 spiro atoms. The fourth-order valence-electron chi connectivity index (χ4n) is 4.09. The average molecular weight is 418 g/mol. The van der Waals surface area contributed by atoms with E-state index in [4.69, 9.17) is 9.47 Å². The van der Waals surface area contributed by atoms with E-state index in [0.29, 0.717) is 17.6 Å². The Labute approximate surface area is 174 Å². The molecule has 1 N–H and O–H groups in total. The van der Waals surface area contributed by atoms with E-state index in [0.717, 1.165) is 32.1 Å². The van der Waals surface area contributed by atoms with E-state index in [2.05, 4.69) is 15.2 Å². The summed E-state index contributed by atoms with van der Waals surface area (Å²) in [6, 6.07) is 2.89. The smallest absolute Gasteiger partial charge is 0.407 e. The lowest BCUT2D eigenvalue weighted by Crippen LogP contribution is -2.48. The summed E-state index contributed by atoms with van der Waals surface area (Å²) in [5.41, 5.74) is 0.243. The first-order chi connectivity index (χ1) is 14.2. The maximum Gasteiger partial charge on any atom is 0.407 e. The second kappa shape index (κ2) is 7.86. The van der Waals surface area contributed by atoms with Crippen molar-refractivity contribution >= 4 is 17.1 Å². The van der Waals surface area contributed by atoms with Gasteiger partial charge in [0, 0.05) is 31.7 Å². The molecule has 4 rings (SSSR count). The molecular formula is C21H27FN4O4. The number of nitrogens with zero attached hydrogens (tertiary/aromatic N) is 3. The molecule has 0 aliphatic carbocycles. The molecule has 8 nitrogen and oxygen atoms in total. The van der Waals surface area contributed by atoms with Gasteiger partial charge in [-0.05, 0) is 39.7 Å². The zero-order valence-electron chi connectivity index (χ0n) is 17.5. The van der Waals surface area contributed by atoms with Crippen molar-refractivity contribution in [1.82, 2.24) is 19.8 Å². The minimum absolute atomic E-state index is 0.0592. The monoisotopic (exact) mass is 418 g/mol. The molecule has 0 bridgehead atoms. The van der Waals surface area contributed by atoms with Gasteiger partial charge in [0.15, 0.2) is 11.6 Å². The number of aromatic nitrogens is 2. The summed E-state index contributed by atoms with van der Waals surface area (Å²) in [7, 11) is 0. The number of carbonyl (C=O) groups is 1. The van der Waals surface area contributed by atoms with Crippen molar-refractivity contribution < 1.29 is 18.7 Å². The summed E-state index contributed by atoms with van der Waals surface area (Å²) in [6.07, 6.45) is 2.30. The number of likely N-dealkylation sites (tertiary alicyclic amines) is 1. The van der Waals surface area contributed by atoms with Gasteiger partial charge < -0.3 is 19.7 Å². The van der Waals surface area contributed by atoms with Gasteiger partial charge in [0.1, 0.15) is 17.7 Å². The Morgan fingerprint density at radius 3 is 2.77 bits per heavy atom. The number of carbonyl (C=O) groups excluding carboxylic acids is 1. The summed E-state index contributed by atoms with van der Waals surface area (Å²) in [5, 5.41) is 2.93. The fourth-order valence-corrected chi connectivity index (χ4v) is 4.09. The molecule has 2 aliphatic rings. The number of alkyl carbamates (subject to hydrolysis) is 1. The van der Waals surface area contributed by atoms with Crippen molar-refractivity contribution in [3.8, 4) is 5.75 Å². The first-order valence-electron chi connectivity index (χ1n) is 10.3. The Morgan fingerprint density at radius 1 is 1.33 bits per heavy atom. The maximum absolute atomic E-state index is 14.1. The van der Waals surface area contributed by atoms with Crippen LogP contribution in [-0.4, -0.2) is 58.4 Å². The van der Waals surface area contributed by atoms with Crippen LogP contribution in [0.4, 0.5) is 9.18 Å². The van der Waals surface area contributed by atoms with Gasteiger partial charge in [-0.3, -0.25) is 14.3 Å². The van der Waals surface area contributed by atoms with Crippen molar-refractivity contribution in [3.05, 3.63) is 34.5 Å². The number of piperidine rings is 1. The van der Waals surface area contributed by atoms with Gasteiger partial charge in [0.25, 0.3) is 5.56 Å². The van der Waals surface area contributed by atoms with Crippen LogP contribution >= 0.6 is 0 Å². The van der Waals surface area contributed by atoms with Crippen molar-refractivity contribution in [2.24, 2.45) is 0 Å². The molecule has 1 amide bonds. The van der Waals surface area contributed by atoms with Crippen molar-refractivity contribution in [2.45, 2.75) is 51.3 Å². The lowest BCUT2D eigenvalue weighted by atomic mass is 10.0. The highest BCUT2D eigenvalue weighted by Gasteiger charge is 2.30. The molecule has 9 heteroatoms. The fraction of sp³-hybridized carbons (Fsp3) is 0.571. The van der Waals surface area contributed by atoms with Gasteiger partial charge in [0.2, 0.25) is 0 Å². The third kappa shape index (κ3) is 4.26. The Morgan fingerprint density at radius 2 is 2.07 bits per heavy atom. The van der Waals surface area contributed by atoms with Crippen LogP contribution in [0.5, 0.6) is 5.75 Å². The SMILES string of the molecule is CC(C)(C)OC(=O)NC1CCN(C[C@@H]2COc3c(F)cnc4ccc(=O)n2c34)CC1. The Balaban J connectivity index is 1.42. The van der Waals surface area contributed by atoms with Crippen molar-refractivity contribution in [2.75, 3.05) is 26.2 Å². The van der Waals surface area contributed by atoms with Crippen LogP contribution < -0.4 is 15.6 Å². The number of amides is 1. The minimum atomic E-state index is -0.561. The van der Waals surface area contributed by atoms with Gasteiger partial charge in [-0.2, -0.15) is 0 Å². The van der Waals surface area contributed by atoms with E-state index >= 15 is 0 Å². The van der Waals surface area contributed by atoms with Crippen LogP contribution in [0.25, 0.3) is 11.0 Å². The third-order valence-electron chi connectivity index (χ3n) is 5.42. The quantitative estimate of drug-likeness (QED) is 0.824. The number of nitrogens with one attached hydrogen (secondary N) is 1. The number of pyridine rings is 2. The molecule has 0 unspecified atom stereocenters. The molecule has 30 heavy (non-hydrogen) atoms. The highest BCUT2D eigenvalue weighted by atomic mass is 19.1. The Bertz CT molecular complexity index is 1010. The second-order valence-corrected chi connectivity index (χ2v) is 8.90. The normalized spacial score (nSPS) is 20.1. The first-order valence-corrected chi connectivity index (χ1v) is 10.3. The van der Waals surface area contributed by atoms with E-state index in [1.54, 1.807) is 10.6 Å². The lowest BCUT2D eigenvalue weighted by molar-refractivity contribution is 0.0473.